The molecule has 0 bridgehead atoms. The molecule has 0 radical (unpaired) electrons. The van der Waals surface area contributed by atoms with Gasteiger partial charge < -0.3 is 5.32 Å². The largest absolute Gasteiger partial charge is 0.321 e. The highest BCUT2D eigenvalue weighted by Crippen LogP contribution is 2.37. The SMILES string of the molecule is O=C1Nc2cc(Cl)cc(F)c2/C1=C/c1cccc(Cl)c1F. The van der Waals surface area contributed by atoms with Crippen LogP contribution in [0, 0.1) is 11.6 Å². The number of benzene rings is 2. The van der Waals surface area contributed by atoms with E-state index in [4.69, 9.17) is 23.2 Å². The Bertz CT molecular complexity index is 803. The maximum absolute atomic E-state index is 14.0. The molecule has 0 saturated carbocycles. The molecule has 0 aromatic heterocycles. The second-order valence-corrected chi connectivity index (χ2v) is 5.31. The number of carbonyl (C=O) groups is 1. The van der Waals surface area contributed by atoms with Crippen LogP contribution < -0.4 is 5.32 Å². The topological polar surface area (TPSA) is 29.1 Å². The van der Waals surface area contributed by atoms with Gasteiger partial charge in [-0.1, -0.05) is 35.3 Å². The normalized spacial score (nSPS) is 15.2. The fourth-order valence-electron chi connectivity index (χ4n) is 2.17. The molecule has 1 aliphatic heterocycles. The molecule has 0 saturated heterocycles. The number of hydrogen-bond acceptors (Lipinski definition) is 1. The van der Waals surface area contributed by atoms with Crippen LogP contribution in [0.5, 0.6) is 0 Å². The zero-order valence-electron chi connectivity index (χ0n) is 10.4. The quantitative estimate of drug-likeness (QED) is 0.752. The van der Waals surface area contributed by atoms with Gasteiger partial charge in [-0.05, 0) is 24.3 Å². The Morgan fingerprint density at radius 2 is 1.90 bits per heavy atom. The van der Waals surface area contributed by atoms with Gasteiger partial charge >= 0.3 is 0 Å². The van der Waals surface area contributed by atoms with Crippen molar-refractivity contribution in [3.63, 3.8) is 0 Å². The molecule has 0 unspecified atom stereocenters. The zero-order valence-corrected chi connectivity index (χ0v) is 11.9. The molecule has 6 heteroatoms. The van der Waals surface area contributed by atoms with Crippen LogP contribution >= 0.6 is 23.2 Å². The number of hydrogen-bond donors (Lipinski definition) is 1. The van der Waals surface area contributed by atoms with Crippen molar-refractivity contribution in [1.82, 2.24) is 0 Å². The van der Waals surface area contributed by atoms with Gasteiger partial charge in [0.25, 0.3) is 5.91 Å². The van der Waals surface area contributed by atoms with Gasteiger partial charge in [0.15, 0.2) is 0 Å². The van der Waals surface area contributed by atoms with Gasteiger partial charge in [0, 0.05) is 16.1 Å². The van der Waals surface area contributed by atoms with Crippen molar-refractivity contribution in [2.24, 2.45) is 0 Å². The van der Waals surface area contributed by atoms with Crippen LogP contribution in [0.25, 0.3) is 11.6 Å². The number of nitrogens with one attached hydrogen (secondary N) is 1. The van der Waals surface area contributed by atoms with E-state index in [0.29, 0.717) is 0 Å². The highest BCUT2D eigenvalue weighted by atomic mass is 35.5. The molecule has 0 spiro atoms. The summed E-state index contributed by atoms with van der Waals surface area (Å²) in [5, 5.41) is 2.59. The summed E-state index contributed by atoms with van der Waals surface area (Å²) in [6.07, 6.45) is 1.26. The lowest BCUT2D eigenvalue weighted by molar-refractivity contribution is -0.110. The average Bonchev–Trinajstić information content (AvgIpc) is 2.71. The summed E-state index contributed by atoms with van der Waals surface area (Å²) >= 11 is 11.4. The third-order valence-electron chi connectivity index (χ3n) is 3.10. The molecule has 1 aliphatic rings. The molecule has 2 aromatic rings. The standard InChI is InChI=1S/C15H7Cl2F2NO/c16-8-5-11(18)13-9(15(21)20-12(13)6-8)4-7-2-1-3-10(17)14(7)19/h1-6H,(H,20,21)/b9-4-. The number of halogens is 4. The van der Waals surface area contributed by atoms with E-state index in [1.807, 2.05) is 0 Å². The van der Waals surface area contributed by atoms with E-state index in [2.05, 4.69) is 5.32 Å². The van der Waals surface area contributed by atoms with E-state index in [1.54, 1.807) is 6.07 Å². The lowest BCUT2D eigenvalue weighted by Crippen LogP contribution is -2.03. The van der Waals surface area contributed by atoms with E-state index in [-0.39, 0.29) is 32.4 Å². The predicted molar refractivity (Wildman–Crippen MR) is 79.3 cm³/mol. The number of amides is 1. The van der Waals surface area contributed by atoms with Crippen molar-refractivity contribution >= 4 is 46.4 Å². The third-order valence-corrected chi connectivity index (χ3v) is 3.61. The van der Waals surface area contributed by atoms with Gasteiger partial charge in [-0.25, -0.2) is 8.78 Å². The third kappa shape index (κ3) is 2.41. The van der Waals surface area contributed by atoms with E-state index in [1.165, 1.54) is 24.3 Å². The van der Waals surface area contributed by atoms with Gasteiger partial charge in [0.05, 0.1) is 16.3 Å². The Morgan fingerprint density at radius 3 is 2.67 bits per heavy atom. The monoisotopic (exact) mass is 325 g/mol. The number of rotatable bonds is 1. The van der Waals surface area contributed by atoms with Gasteiger partial charge in [0.1, 0.15) is 11.6 Å². The van der Waals surface area contributed by atoms with E-state index < -0.39 is 17.5 Å². The minimum absolute atomic E-state index is 0.0281. The maximum atomic E-state index is 14.0. The molecular formula is C15H7Cl2F2NO. The van der Waals surface area contributed by atoms with Crippen LogP contribution in [0.4, 0.5) is 14.5 Å². The fraction of sp³-hybridized carbons (Fsp3) is 0. The molecule has 0 fully saturated rings. The Balaban J connectivity index is 2.19. The first kappa shape index (κ1) is 14.0. The van der Waals surface area contributed by atoms with Gasteiger partial charge in [-0.3, -0.25) is 4.79 Å². The van der Waals surface area contributed by atoms with Gasteiger partial charge in [-0.15, -0.1) is 0 Å². The first-order chi connectivity index (χ1) is 9.97. The first-order valence-electron chi connectivity index (χ1n) is 5.94. The highest BCUT2D eigenvalue weighted by Gasteiger charge is 2.28. The molecule has 2 aromatic carbocycles. The number of fused-ring (bicyclic) bond motifs is 1. The van der Waals surface area contributed by atoms with Crippen molar-refractivity contribution in [3.8, 4) is 0 Å². The highest BCUT2D eigenvalue weighted by molar-refractivity contribution is 6.37. The molecule has 106 valence electrons. The Kier molecular flexibility index (Phi) is 3.43. The molecular weight excluding hydrogens is 319 g/mol. The van der Waals surface area contributed by atoms with Gasteiger partial charge in [0.2, 0.25) is 0 Å². The summed E-state index contributed by atoms with van der Waals surface area (Å²) < 4.78 is 27.9. The second kappa shape index (κ2) is 5.13. The van der Waals surface area contributed by atoms with Crippen molar-refractivity contribution in [2.45, 2.75) is 0 Å². The lowest BCUT2D eigenvalue weighted by Gasteiger charge is -2.03. The summed E-state index contributed by atoms with van der Waals surface area (Å²) in [5.74, 6) is -1.84. The van der Waals surface area contributed by atoms with Crippen molar-refractivity contribution in [2.75, 3.05) is 5.32 Å². The molecule has 1 N–H and O–H groups in total. The Hall–Kier alpha value is -1.91. The van der Waals surface area contributed by atoms with Crippen molar-refractivity contribution in [1.29, 1.82) is 0 Å². The second-order valence-electron chi connectivity index (χ2n) is 4.47. The van der Waals surface area contributed by atoms with Crippen LogP contribution in [0.3, 0.4) is 0 Å². The number of anilines is 1. The summed E-state index contributed by atoms with van der Waals surface area (Å²) in [6.45, 7) is 0. The summed E-state index contributed by atoms with van der Waals surface area (Å²) in [6, 6.07) is 6.93. The van der Waals surface area contributed by atoms with E-state index >= 15 is 0 Å². The molecule has 1 heterocycles. The minimum atomic E-state index is -0.665. The molecule has 1 amide bonds. The van der Waals surface area contributed by atoms with Crippen LogP contribution in [-0.4, -0.2) is 5.91 Å². The average molecular weight is 326 g/mol. The Labute approximate surface area is 129 Å². The van der Waals surface area contributed by atoms with E-state index in [0.717, 1.165) is 6.07 Å². The smallest absolute Gasteiger partial charge is 0.256 e. The molecule has 21 heavy (non-hydrogen) atoms. The lowest BCUT2D eigenvalue weighted by atomic mass is 10.0. The summed E-state index contributed by atoms with van der Waals surface area (Å²) in [5.41, 5.74) is 0.470. The maximum Gasteiger partial charge on any atom is 0.256 e. The molecule has 0 atom stereocenters. The van der Waals surface area contributed by atoms with Gasteiger partial charge in [-0.2, -0.15) is 0 Å². The van der Waals surface area contributed by atoms with Crippen LogP contribution in [-0.2, 0) is 4.79 Å². The van der Waals surface area contributed by atoms with E-state index in [9.17, 15) is 13.6 Å². The fourth-order valence-corrected chi connectivity index (χ4v) is 2.56. The first-order valence-corrected chi connectivity index (χ1v) is 6.69. The van der Waals surface area contributed by atoms with Crippen molar-refractivity contribution < 1.29 is 13.6 Å². The number of carbonyl (C=O) groups excluding carboxylic acids is 1. The van der Waals surface area contributed by atoms with Crippen LogP contribution in [0.1, 0.15) is 11.1 Å². The summed E-state index contributed by atoms with van der Waals surface area (Å²) in [4.78, 5) is 12.0. The Morgan fingerprint density at radius 1 is 1.14 bits per heavy atom. The molecule has 2 nitrogen and oxygen atoms in total. The zero-order chi connectivity index (χ0) is 15.1. The van der Waals surface area contributed by atoms with Crippen molar-refractivity contribution in [3.05, 3.63) is 63.1 Å². The predicted octanol–water partition coefficient (Wildman–Crippen LogP) is 4.76. The molecule has 0 aliphatic carbocycles. The van der Waals surface area contributed by atoms with Crippen LogP contribution in [0.15, 0.2) is 30.3 Å². The minimum Gasteiger partial charge on any atom is -0.321 e. The summed E-state index contributed by atoms with van der Waals surface area (Å²) in [7, 11) is 0. The van der Waals surface area contributed by atoms with Crippen LogP contribution in [0.2, 0.25) is 10.0 Å². The molecule has 3 rings (SSSR count).